The Kier molecular flexibility index (Phi) is 6.37. The Hall–Kier alpha value is -0.0800. The van der Waals surface area contributed by atoms with Crippen molar-refractivity contribution in [2.75, 3.05) is 13.1 Å². The Labute approximate surface area is 102 Å². The van der Waals surface area contributed by atoms with Crippen LogP contribution in [-0.2, 0) is 0 Å². The van der Waals surface area contributed by atoms with E-state index in [0.717, 1.165) is 12.1 Å². The lowest BCUT2D eigenvalue weighted by Crippen LogP contribution is -2.45. The summed E-state index contributed by atoms with van der Waals surface area (Å²) in [6.07, 6.45) is 6.76. The third kappa shape index (κ3) is 4.06. The molecule has 1 fully saturated rings. The molecule has 0 aliphatic heterocycles. The third-order valence-electron chi connectivity index (χ3n) is 3.88. The molecule has 0 heterocycles. The van der Waals surface area contributed by atoms with Crippen molar-refractivity contribution >= 4 is 0 Å². The van der Waals surface area contributed by atoms with E-state index in [4.69, 9.17) is 0 Å². The molecule has 0 radical (unpaired) electrons. The van der Waals surface area contributed by atoms with E-state index in [1.165, 1.54) is 45.2 Å². The van der Waals surface area contributed by atoms with E-state index in [-0.39, 0.29) is 0 Å². The molecule has 1 rings (SSSR count). The van der Waals surface area contributed by atoms with Crippen LogP contribution >= 0.6 is 0 Å². The van der Waals surface area contributed by atoms with Crippen molar-refractivity contribution in [3.05, 3.63) is 0 Å². The van der Waals surface area contributed by atoms with Crippen LogP contribution in [0.15, 0.2) is 0 Å². The van der Waals surface area contributed by atoms with Crippen LogP contribution < -0.4 is 5.32 Å². The van der Waals surface area contributed by atoms with Crippen LogP contribution in [0, 0.1) is 0 Å². The highest BCUT2D eigenvalue weighted by Gasteiger charge is 2.25. The Balaban J connectivity index is 2.30. The van der Waals surface area contributed by atoms with Crippen molar-refractivity contribution in [3.63, 3.8) is 0 Å². The van der Waals surface area contributed by atoms with E-state index in [9.17, 15) is 0 Å². The molecule has 1 aliphatic carbocycles. The van der Waals surface area contributed by atoms with Gasteiger partial charge in [0.25, 0.3) is 0 Å². The average molecular weight is 226 g/mol. The second-order valence-electron chi connectivity index (χ2n) is 5.38. The van der Waals surface area contributed by atoms with Crippen LogP contribution in [0.25, 0.3) is 0 Å². The maximum absolute atomic E-state index is 3.66. The number of hydrogen-bond donors (Lipinski definition) is 1. The lowest BCUT2D eigenvalue weighted by atomic mass is 9.89. The minimum Gasteiger partial charge on any atom is -0.314 e. The molecular weight excluding hydrogens is 196 g/mol. The molecule has 0 unspecified atom stereocenters. The van der Waals surface area contributed by atoms with Crippen LogP contribution in [0.4, 0.5) is 0 Å². The van der Waals surface area contributed by atoms with Gasteiger partial charge in [-0.05, 0) is 59.0 Å². The molecule has 0 spiro atoms. The van der Waals surface area contributed by atoms with E-state index in [0.29, 0.717) is 6.04 Å². The number of hydrogen-bond acceptors (Lipinski definition) is 2. The molecule has 0 amide bonds. The van der Waals surface area contributed by atoms with E-state index >= 15 is 0 Å². The lowest BCUT2D eigenvalue weighted by Gasteiger charge is -2.39. The highest BCUT2D eigenvalue weighted by Crippen LogP contribution is 2.24. The van der Waals surface area contributed by atoms with Crippen LogP contribution in [-0.4, -0.2) is 36.1 Å². The molecule has 1 aliphatic rings. The van der Waals surface area contributed by atoms with Gasteiger partial charge in [0.1, 0.15) is 0 Å². The normalized spacial score (nSPS) is 26.6. The maximum atomic E-state index is 3.66. The summed E-state index contributed by atoms with van der Waals surface area (Å²) in [5.41, 5.74) is 0. The van der Waals surface area contributed by atoms with Crippen LogP contribution in [0.2, 0.25) is 0 Å². The second kappa shape index (κ2) is 7.29. The first-order valence-corrected chi connectivity index (χ1v) is 7.18. The van der Waals surface area contributed by atoms with Crippen LogP contribution in [0.1, 0.15) is 59.8 Å². The summed E-state index contributed by atoms with van der Waals surface area (Å²) in [6, 6.07) is 2.34. The van der Waals surface area contributed by atoms with Gasteiger partial charge < -0.3 is 5.32 Å². The van der Waals surface area contributed by atoms with Gasteiger partial charge in [0, 0.05) is 18.1 Å². The molecular formula is C14H30N2. The van der Waals surface area contributed by atoms with Gasteiger partial charge >= 0.3 is 0 Å². The molecule has 0 saturated heterocycles. The molecule has 0 bridgehead atoms. The van der Waals surface area contributed by atoms with E-state index in [2.05, 4.69) is 37.9 Å². The lowest BCUT2D eigenvalue weighted by molar-refractivity contribution is 0.118. The minimum absolute atomic E-state index is 0.704. The van der Waals surface area contributed by atoms with Gasteiger partial charge in [-0.3, -0.25) is 4.90 Å². The molecule has 16 heavy (non-hydrogen) atoms. The molecule has 2 heteroatoms. The highest BCUT2D eigenvalue weighted by molar-refractivity contribution is 4.83. The summed E-state index contributed by atoms with van der Waals surface area (Å²) < 4.78 is 0. The van der Waals surface area contributed by atoms with E-state index in [1.807, 2.05) is 0 Å². The zero-order chi connectivity index (χ0) is 12.0. The topological polar surface area (TPSA) is 15.3 Å². The zero-order valence-electron chi connectivity index (χ0n) is 11.6. The van der Waals surface area contributed by atoms with Crippen molar-refractivity contribution < 1.29 is 0 Å². The average Bonchev–Trinajstić information content (AvgIpc) is 2.28. The minimum atomic E-state index is 0.704. The number of nitrogens with zero attached hydrogens (tertiary/aromatic N) is 1. The van der Waals surface area contributed by atoms with Crippen LogP contribution in [0.3, 0.4) is 0 Å². The van der Waals surface area contributed by atoms with Crippen molar-refractivity contribution in [2.45, 2.75) is 77.9 Å². The zero-order valence-corrected chi connectivity index (χ0v) is 11.6. The summed E-state index contributed by atoms with van der Waals surface area (Å²) in [5.74, 6) is 0. The fourth-order valence-electron chi connectivity index (χ4n) is 3.01. The van der Waals surface area contributed by atoms with Crippen molar-refractivity contribution in [1.29, 1.82) is 0 Å². The summed E-state index contributed by atoms with van der Waals surface area (Å²) in [6.45, 7) is 11.6. The van der Waals surface area contributed by atoms with Crippen molar-refractivity contribution in [1.82, 2.24) is 10.2 Å². The molecule has 0 aromatic carbocycles. The number of nitrogens with one attached hydrogen (secondary N) is 1. The van der Waals surface area contributed by atoms with Crippen molar-refractivity contribution in [3.8, 4) is 0 Å². The standard InChI is InChI=1S/C14H30N2/c1-5-11-15-13-7-9-14(10-8-13)16(6-2)12(3)4/h12-15H,5-11H2,1-4H3. The summed E-state index contributed by atoms with van der Waals surface area (Å²) in [5, 5.41) is 3.66. The summed E-state index contributed by atoms with van der Waals surface area (Å²) in [7, 11) is 0. The monoisotopic (exact) mass is 226 g/mol. The Morgan fingerprint density at radius 1 is 1.12 bits per heavy atom. The smallest absolute Gasteiger partial charge is 0.00990 e. The molecule has 0 atom stereocenters. The first-order chi connectivity index (χ1) is 7.69. The highest BCUT2D eigenvalue weighted by atomic mass is 15.2. The molecule has 0 aromatic heterocycles. The predicted octanol–water partition coefficient (Wildman–Crippen LogP) is 3.03. The van der Waals surface area contributed by atoms with Gasteiger partial charge in [0.05, 0.1) is 0 Å². The van der Waals surface area contributed by atoms with Gasteiger partial charge in [0.2, 0.25) is 0 Å². The number of rotatable bonds is 6. The first-order valence-electron chi connectivity index (χ1n) is 7.18. The fourth-order valence-corrected chi connectivity index (χ4v) is 3.01. The van der Waals surface area contributed by atoms with Gasteiger partial charge in [-0.2, -0.15) is 0 Å². The van der Waals surface area contributed by atoms with Gasteiger partial charge in [-0.15, -0.1) is 0 Å². The quantitative estimate of drug-likeness (QED) is 0.749. The molecule has 0 aromatic rings. The van der Waals surface area contributed by atoms with Gasteiger partial charge in [-0.1, -0.05) is 13.8 Å². The van der Waals surface area contributed by atoms with E-state index in [1.54, 1.807) is 0 Å². The molecule has 1 N–H and O–H groups in total. The largest absolute Gasteiger partial charge is 0.314 e. The van der Waals surface area contributed by atoms with Crippen LogP contribution in [0.5, 0.6) is 0 Å². The maximum Gasteiger partial charge on any atom is 0.00990 e. The summed E-state index contributed by atoms with van der Waals surface area (Å²) in [4.78, 5) is 2.66. The molecule has 1 saturated carbocycles. The van der Waals surface area contributed by atoms with E-state index < -0.39 is 0 Å². The molecule has 2 nitrogen and oxygen atoms in total. The molecule has 96 valence electrons. The first kappa shape index (κ1) is 14.0. The Morgan fingerprint density at radius 3 is 2.19 bits per heavy atom. The van der Waals surface area contributed by atoms with Crippen molar-refractivity contribution in [2.24, 2.45) is 0 Å². The Bertz CT molecular complexity index is 172. The predicted molar refractivity (Wildman–Crippen MR) is 71.9 cm³/mol. The summed E-state index contributed by atoms with van der Waals surface area (Å²) >= 11 is 0. The van der Waals surface area contributed by atoms with Gasteiger partial charge in [-0.25, -0.2) is 0 Å². The third-order valence-corrected chi connectivity index (χ3v) is 3.88. The second-order valence-corrected chi connectivity index (χ2v) is 5.38. The Morgan fingerprint density at radius 2 is 1.75 bits per heavy atom. The SMILES string of the molecule is CCCNC1CCC(N(CC)C(C)C)CC1. The van der Waals surface area contributed by atoms with Gasteiger partial charge in [0.15, 0.2) is 0 Å². The fraction of sp³-hybridized carbons (Fsp3) is 1.00.